The van der Waals surface area contributed by atoms with Crippen molar-refractivity contribution in [1.82, 2.24) is 19.7 Å². The van der Waals surface area contributed by atoms with Crippen LogP contribution >= 0.6 is 0 Å². The molecule has 2 aromatic heterocycles. The molecule has 0 saturated heterocycles. The predicted octanol–water partition coefficient (Wildman–Crippen LogP) is 3.05. The second-order valence-electron chi connectivity index (χ2n) is 4.47. The van der Waals surface area contributed by atoms with Crippen molar-refractivity contribution in [3.05, 3.63) is 41.8 Å². The van der Waals surface area contributed by atoms with E-state index in [1.165, 1.54) is 6.07 Å². The lowest BCUT2D eigenvalue weighted by Crippen LogP contribution is -2.16. The quantitative estimate of drug-likeness (QED) is 0.745. The zero-order chi connectivity index (χ0) is 15.0. The maximum absolute atomic E-state index is 13.1. The number of fused-ring (bicyclic) bond motifs is 1. The molecule has 1 aromatic carbocycles. The molecule has 0 radical (unpaired) electrons. The summed E-state index contributed by atoms with van der Waals surface area (Å²) >= 11 is 0. The van der Waals surface area contributed by atoms with Gasteiger partial charge < -0.3 is 9.09 Å². The smallest absolute Gasteiger partial charge is 0.339 e. The average Bonchev–Trinajstić information content (AvgIpc) is 3.04. The number of nitrogens with zero attached hydrogens (tertiary/aromatic N) is 4. The molecule has 0 amide bonds. The molecule has 0 aliphatic heterocycles. The Morgan fingerprint density at radius 1 is 1.19 bits per heavy atom. The highest BCUT2D eigenvalue weighted by Gasteiger charge is 2.37. The lowest BCUT2D eigenvalue weighted by molar-refractivity contribution is -0.146. The minimum absolute atomic E-state index is 0.140. The summed E-state index contributed by atoms with van der Waals surface area (Å²) in [5.74, 6) is -0.380. The van der Waals surface area contributed by atoms with Gasteiger partial charge in [0.15, 0.2) is 5.82 Å². The first-order valence-electron chi connectivity index (χ1n) is 6.33. The summed E-state index contributed by atoms with van der Waals surface area (Å²) < 4.78 is 45.3. The summed E-state index contributed by atoms with van der Waals surface area (Å²) in [4.78, 5) is 7.70. The van der Waals surface area contributed by atoms with Crippen molar-refractivity contribution < 1.29 is 17.7 Å². The molecule has 0 atom stereocenters. The molecule has 0 N–H and O–H groups in total. The van der Waals surface area contributed by atoms with Crippen molar-refractivity contribution in [2.75, 3.05) is 0 Å². The highest BCUT2D eigenvalue weighted by Crippen LogP contribution is 2.31. The second kappa shape index (κ2) is 4.87. The zero-order valence-corrected chi connectivity index (χ0v) is 11.1. The van der Waals surface area contributed by atoms with Crippen LogP contribution in [0.3, 0.4) is 0 Å². The first-order chi connectivity index (χ1) is 9.99. The SMILES string of the molecule is CCc1nc(Cn2c(C(F)(F)F)nc3ccccc32)no1. The van der Waals surface area contributed by atoms with E-state index in [2.05, 4.69) is 15.1 Å². The van der Waals surface area contributed by atoms with Crippen molar-refractivity contribution in [2.24, 2.45) is 0 Å². The Labute approximate surface area is 117 Å². The number of rotatable bonds is 3. The molecule has 0 unspecified atom stereocenters. The van der Waals surface area contributed by atoms with E-state index < -0.39 is 12.0 Å². The molecular weight excluding hydrogens is 285 g/mol. The van der Waals surface area contributed by atoms with Crippen molar-refractivity contribution in [3.63, 3.8) is 0 Å². The maximum atomic E-state index is 13.1. The number of aromatic nitrogens is 4. The molecule has 0 bridgehead atoms. The van der Waals surface area contributed by atoms with Gasteiger partial charge in [0.05, 0.1) is 17.6 Å². The van der Waals surface area contributed by atoms with Crippen LogP contribution < -0.4 is 0 Å². The topological polar surface area (TPSA) is 56.7 Å². The van der Waals surface area contributed by atoms with E-state index in [1.807, 2.05) is 6.92 Å². The molecule has 8 heteroatoms. The fraction of sp³-hybridized carbons (Fsp3) is 0.308. The van der Waals surface area contributed by atoms with E-state index in [1.54, 1.807) is 18.2 Å². The van der Waals surface area contributed by atoms with E-state index in [-0.39, 0.29) is 17.9 Å². The van der Waals surface area contributed by atoms with Gasteiger partial charge in [-0.2, -0.15) is 18.2 Å². The molecule has 110 valence electrons. The highest BCUT2D eigenvalue weighted by molar-refractivity contribution is 5.76. The molecule has 0 spiro atoms. The van der Waals surface area contributed by atoms with E-state index in [0.717, 1.165) is 4.57 Å². The molecule has 0 aliphatic rings. The largest absolute Gasteiger partial charge is 0.449 e. The van der Waals surface area contributed by atoms with E-state index in [9.17, 15) is 13.2 Å². The number of aryl methyl sites for hydroxylation is 1. The van der Waals surface area contributed by atoms with Gasteiger partial charge in [-0.1, -0.05) is 24.2 Å². The summed E-state index contributed by atoms with van der Waals surface area (Å²) in [6.07, 6.45) is -4.01. The van der Waals surface area contributed by atoms with Crippen molar-refractivity contribution in [2.45, 2.75) is 26.1 Å². The molecule has 5 nitrogen and oxygen atoms in total. The molecule has 2 heterocycles. The lowest BCUT2D eigenvalue weighted by atomic mass is 10.3. The number of para-hydroxylation sites is 2. The van der Waals surface area contributed by atoms with Crippen LogP contribution in [-0.2, 0) is 19.1 Å². The molecule has 3 aromatic rings. The van der Waals surface area contributed by atoms with Gasteiger partial charge in [0, 0.05) is 6.42 Å². The summed E-state index contributed by atoms with van der Waals surface area (Å²) in [7, 11) is 0. The average molecular weight is 296 g/mol. The van der Waals surface area contributed by atoms with Gasteiger partial charge in [-0.25, -0.2) is 4.98 Å². The van der Waals surface area contributed by atoms with Gasteiger partial charge >= 0.3 is 6.18 Å². The number of hydrogen-bond donors (Lipinski definition) is 0. The van der Waals surface area contributed by atoms with Crippen LogP contribution in [0.25, 0.3) is 11.0 Å². The maximum Gasteiger partial charge on any atom is 0.449 e. The second-order valence-corrected chi connectivity index (χ2v) is 4.47. The molecule has 3 rings (SSSR count). The third-order valence-corrected chi connectivity index (χ3v) is 3.02. The van der Waals surface area contributed by atoms with Gasteiger partial charge in [0.25, 0.3) is 0 Å². The molecule has 0 aliphatic carbocycles. The zero-order valence-electron chi connectivity index (χ0n) is 11.1. The Balaban J connectivity index is 2.10. The van der Waals surface area contributed by atoms with Gasteiger partial charge in [-0.15, -0.1) is 0 Å². The fourth-order valence-corrected chi connectivity index (χ4v) is 2.09. The monoisotopic (exact) mass is 296 g/mol. The van der Waals surface area contributed by atoms with Gasteiger partial charge in [0.1, 0.15) is 0 Å². The molecule has 0 fully saturated rings. The summed E-state index contributed by atoms with van der Waals surface area (Å²) in [5.41, 5.74) is 0.664. The van der Waals surface area contributed by atoms with Crippen LogP contribution in [0.15, 0.2) is 28.8 Å². The van der Waals surface area contributed by atoms with E-state index >= 15 is 0 Å². The molecule has 0 saturated carbocycles. The van der Waals surface area contributed by atoms with Crippen molar-refractivity contribution >= 4 is 11.0 Å². The Morgan fingerprint density at radius 3 is 2.62 bits per heavy atom. The van der Waals surface area contributed by atoms with Gasteiger partial charge in [-0.3, -0.25) is 0 Å². The number of halogens is 3. The molecular formula is C13H11F3N4O. The van der Waals surface area contributed by atoms with E-state index in [4.69, 9.17) is 4.52 Å². The number of hydrogen-bond acceptors (Lipinski definition) is 4. The predicted molar refractivity (Wildman–Crippen MR) is 67.5 cm³/mol. The van der Waals surface area contributed by atoms with Gasteiger partial charge in [-0.05, 0) is 12.1 Å². The van der Waals surface area contributed by atoms with Gasteiger partial charge in [0.2, 0.25) is 11.7 Å². The number of alkyl halides is 3. The normalized spacial score (nSPS) is 12.2. The van der Waals surface area contributed by atoms with Crippen LogP contribution in [0.1, 0.15) is 24.5 Å². The Bertz CT molecular complexity index is 775. The Hall–Kier alpha value is -2.38. The first-order valence-corrected chi connectivity index (χ1v) is 6.33. The number of imidazole rings is 1. The van der Waals surface area contributed by atoms with Crippen molar-refractivity contribution in [1.29, 1.82) is 0 Å². The minimum Gasteiger partial charge on any atom is -0.339 e. The number of benzene rings is 1. The van der Waals surface area contributed by atoms with Crippen LogP contribution in [0.5, 0.6) is 0 Å². The fourth-order valence-electron chi connectivity index (χ4n) is 2.09. The molecule has 21 heavy (non-hydrogen) atoms. The van der Waals surface area contributed by atoms with Crippen LogP contribution in [0.4, 0.5) is 13.2 Å². The lowest BCUT2D eigenvalue weighted by Gasteiger charge is -2.09. The summed E-state index contributed by atoms with van der Waals surface area (Å²) in [6.45, 7) is 1.68. The van der Waals surface area contributed by atoms with Crippen LogP contribution in [0.2, 0.25) is 0 Å². The third kappa shape index (κ3) is 2.48. The van der Waals surface area contributed by atoms with Crippen LogP contribution in [0, 0.1) is 0 Å². The Kier molecular flexibility index (Phi) is 3.15. The highest BCUT2D eigenvalue weighted by atomic mass is 19.4. The third-order valence-electron chi connectivity index (χ3n) is 3.02. The van der Waals surface area contributed by atoms with Crippen molar-refractivity contribution in [3.8, 4) is 0 Å². The first kappa shape index (κ1) is 13.6. The summed E-state index contributed by atoms with van der Waals surface area (Å²) in [5, 5.41) is 3.69. The summed E-state index contributed by atoms with van der Waals surface area (Å²) in [6, 6.07) is 6.42. The Morgan fingerprint density at radius 2 is 1.95 bits per heavy atom. The minimum atomic E-state index is -4.55. The standard InChI is InChI=1S/C13H11F3N4O/c1-2-11-18-10(19-21-11)7-20-9-6-4-3-5-8(9)17-12(20)13(14,15)16/h3-6H,2,7H2,1H3. The van der Waals surface area contributed by atoms with E-state index in [0.29, 0.717) is 17.8 Å². The van der Waals surface area contributed by atoms with Crippen LogP contribution in [-0.4, -0.2) is 19.7 Å².